The molecule has 0 saturated carbocycles. The van der Waals surface area contributed by atoms with Crippen LogP contribution in [0.15, 0.2) is 44.7 Å². The van der Waals surface area contributed by atoms with E-state index in [9.17, 15) is 4.39 Å². The van der Waals surface area contributed by atoms with Gasteiger partial charge < -0.3 is 9.88 Å². The van der Waals surface area contributed by atoms with Gasteiger partial charge in [-0.05, 0) is 44.4 Å². The molecule has 7 nitrogen and oxygen atoms in total. The van der Waals surface area contributed by atoms with Gasteiger partial charge >= 0.3 is 0 Å². The highest BCUT2D eigenvalue weighted by Gasteiger charge is 2.17. The van der Waals surface area contributed by atoms with Crippen LogP contribution in [0, 0.1) is 11.2 Å². The first-order chi connectivity index (χ1) is 11.5. The lowest BCUT2D eigenvalue weighted by molar-refractivity contribution is 0.298. The van der Waals surface area contributed by atoms with Crippen LogP contribution in [0.5, 0.6) is 0 Å². The van der Waals surface area contributed by atoms with Crippen LogP contribution in [-0.2, 0) is 12.8 Å². The number of nitrogens with zero attached hydrogens (tertiary/aromatic N) is 4. The fraction of sp³-hybridized carbons (Fsp3) is 0.143. The molecule has 124 valence electrons. The SMILES string of the molecule is Cn1ccnc1CSc1nonc1C(=N)Nc1ccc(F)c(Br)c1. The van der Waals surface area contributed by atoms with Gasteiger partial charge in [-0.15, -0.1) is 0 Å². The predicted molar refractivity (Wildman–Crippen MR) is 91.6 cm³/mol. The number of rotatable bonds is 5. The molecule has 2 aromatic heterocycles. The van der Waals surface area contributed by atoms with Gasteiger partial charge in [0, 0.05) is 25.1 Å². The lowest BCUT2D eigenvalue weighted by atomic mass is 10.3. The summed E-state index contributed by atoms with van der Waals surface area (Å²) in [6.45, 7) is 0. The second kappa shape index (κ2) is 7.14. The molecular formula is C14H12BrFN6OS. The zero-order valence-corrected chi connectivity index (χ0v) is 14.9. The van der Waals surface area contributed by atoms with Crippen molar-refractivity contribution in [3.8, 4) is 0 Å². The summed E-state index contributed by atoms with van der Waals surface area (Å²) in [4.78, 5) is 4.23. The number of hydrogen-bond donors (Lipinski definition) is 2. The molecule has 10 heteroatoms. The molecule has 0 saturated heterocycles. The van der Waals surface area contributed by atoms with Crippen molar-refractivity contribution in [2.75, 3.05) is 5.32 Å². The minimum atomic E-state index is -0.374. The van der Waals surface area contributed by atoms with Crippen molar-refractivity contribution in [1.29, 1.82) is 5.41 Å². The Morgan fingerprint density at radius 1 is 1.46 bits per heavy atom. The van der Waals surface area contributed by atoms with E-state index in [1.165, 1.54) is 30.0 Å². The van der Waals surface area contributed by atoms with Gasteiger partial charge in [0.15, 0.2) is 16.6 Å². The Balaban J connectivity index is 1.70. The molecule has 1 aromatic carbocycles. The van der Waals surface area contributed by atoms with E-state index in [-0.39, 0.29) is 17.3 Å². The highest BCUT2D eigenvalue weighted by molar-refractivity contribution is 9.10. The van der Waals surface area contributed by atoms with Gasteiger partial charge in [0.25, 0.3) is 0 Å². The van der Waals surface area contributed by atoms with Gasteiger partial charge in [-0.3, -0.25) is 5.41 Å². The molecule has 0 radical (unpaired) electrons. The average Bonchev–Trinajstić information content (AvgIpc) is 3.17. The lowest BCUT2D eigenvalue weighted by Gasteiger charge is -2.07. The average molecular weight is 411 g/mol. The molecule has 0 fully saturated rings. The molecular weight excluding hydrogens is 399 g/mol. The van der Waals surface area contributed by atoms with Gasteiger partial charge in [-0.1, -0.05) is 11.8 Å². The standard InChI is InChI=1S/C14H12BrFN6OS/c1-22-5-4-18-11(22)7-24-14-12(20-23-21-14)13(17)19-8-2-3-10(16)9(15)6-8/h2-6H,7H2,1H3,(H2,17,19). The van der Waals surface area contributed by atoms with E-state index in [0.717, 1.165) is 5.82 Å². The number of amidine groups is 1. The highest BCUT2D eigenvalue weighted by Crippen LogP contribution is 2.24. The van der Waals surface area contributed by atoms with E-state index in [1.807, 2.05) is 17.8 Å². The second-order valence-corrected chi connectivity index (χ2v) is 6.61. The van der Waals surface area contributed by atoms with Crippen molar-refractivity contribution < 1.29 is 9.02 Å². The Hall–Kier alpha value is -2.20. The third kappa shape index (κ3) is 3.65. The molecule has 0 aliphatic rings. The van der Waals surface area contributed by atoms with Crippen LogP contribution in [0.2, 0.25) is 0 Å². The summed E-state index contributed by atoms with van der Waals surface area (Å²) in [6, 6.07) is 4.37. The highest BCUT2D eigenvalue weighted by atomic mass is 79.9. The monoisotopic (exact) mass is 410 g/mol. The summed E-state index contributed by atoms with van der Waals surface area (Å²) in [5.41, 5.74) is 0.839. The lowest BCUT2D eigenvalue weighted by Crippen LogP contribution is -2.13. The topological polar surface area (TPSA) is 92.6 Å². The van der Waals surface area contributed by atoms with E-state index in [0.29, 0.717) is 20.9 Å². The fourth-order valence-electron chi connectivity index (χ4n) is 1.87. The number of aromatic nitrogens is 4. The number of aryl methyl sites for hydroxylation is 1. The summed E-state index contributed by atoms with van der Waals surface area (Å²) in [5, 5.41) is 19.1. The second-order valence-electron chi connectivity index (χ2n) is 4.79. The van der Waals surface area contributed by atoms with Gasteiger partial charge in [0.1, 0.15) is 11.6 Å². The van der Waals surface area contributed by atoms with Crippen molar-refractivity contribution >= 4 is 39.2 Å². The smallest absolute Gasteiger partial charge is 0.183 e. The molecule has 0 aliphatic heterocycles. The first-order valence-corrected chi connectivity index (χ1v) is 8.55. The maximum atomic E-state index is 13.3. The van der Waals surface area contributed by atoms with Crippen LogP contribution in [0.4, 0.5) is 10.1 Å². The molecule has 0 amide bonds. The first-order valence-electron chi connectivity index (χ1n) is 6.77. The zero-order valence-electron chi connectivity index (χ0n) is 12.5. The zero-order chi connectivity index (χ0) is 17.1. The third-order valence-corrected chi connectivity index (χ3v) is 4.69. The van der Waals surface area contributed by atoms with E-state index in [4.69, 9.17) is 10.0 Å². The van der Waals surface area contributed by atoms with E-state index in [1.54, 1.807) is 6.20 Å². The Bertz CT molecular complexity index is 880. The fourth-order valence-corrected chi connectivity index (χ4v) is 3.16. The number of imidazole rings is 1. The van der Waals surface area contributed by atoms with Gasteiger partial charge in [0.05, 0.1) is 10.2 Å². The largest absolute Gasteiger partial charge is 0.339 e. The summed E-state index contributed by atoms with van der Waals surface area (Å²) in [5.74, 6) is 1.08. The Labute approximate surface area is 149 Å². The van der Waals surface area contributed by atoms with E-state index < -0.39 is 0 Å². The Morgan fingerprint density at radius 2 is 2.29 bits per heavy atom. The molecule has 3 rings (SSSR count). The molecule has 0 bridgehead atoms. The quantitative estimate of drug-likeness (QED) is 0.380. The van der Waals surface area contributed by atoms with Crippen molar-refractivity contribution in [2.45, 2.75) is 10.8 Å². The van der Waals surface area contributed by atoms with Crippen LogP contribution >= 0.6 is 27.7 Å². The molecule has 0 aliphatic carbocycles. The van der Waals surface area contributed by atoms with Crippen molar-refractivity contribution in [3.63, 3.8) is 0 Å². The van der Waals surface area contributed by atoms with Crippen LogP contribution < -0.4 is 5.32 Å². The predicted octanol–water partition coefficient (Wildman–Crippen LogP) is 3.43. The minimum absolute atomic E-state index is 0.0112. The van der Waals surface area contributed by atoms with E-state index in [2.05, 4.69) is 36.5 Å². The minimum Gasteiger partial charge on any atom is -0.339 e. The van der Waals surface area contributed by atoms with Crippen LogP contribution in [0.1, 0.15) is 11.5 Å². The summed E-state index contributed by atoms with van der Waals surface area (Å²) >= 11 is 4.48. The number of anilines is 1. The molecule has 0 spiro atoms. The summed E-state index contributed by atoms with van der Waals surface area (Å²) in [7, 11) is 1.90. The van der Waals surface area contributed by atoms with Crippen molar-refractivity contribution in [3.05, 3.63) is 52.4 Å². The van der Waals surface area contributed by atoms with Gasteiger partial charge in [-0.2, -0.15) is 0 Å². The number of nitrogens with one attached hydrogen (secondary N) is 2. The van der Waals surface area contributed by atoms with Crippen molar-refractivity contribution in [1.82, 2.24) is 19.9 Å². The molecule has 0 atom stereocenters. The molecule has 24 heavy (non-hydrogen) atoms. The Morgan fingerprint density at radius 3 is 3.00 bits per heavy atom. The van der Waals surface area contributed by atoms with Gasteiger partial charge in [0.2, 0.25) is 0 Å². The molecule has 3 aromatic rings. The molecule has 2 heterocycles. The van der Waals surface area contributed by atoms with Crippen molar-refractivity contribution in [2.24, 2.45) is 7.05 Å². The maximum absolute atomic E-state index is 13.3. The van der Waals surface area contributed by atoms with Crippen LogP contribution in [0.3, 0.4) is 0 Å². The molecule has 0 unspecified atom stereocenters. The normalized spacial score (nSPS) is 10.8. The van der Waals surface area contributed by atoms with Crippen LogP contribution in [-0.4, -0.2) is 25.7 Å². The number of thioether (sulfide) groups is 1. The maximum Gasteiger partial charge on any atom is 0.183 e. The third-order valence-electron chi connectivity index (χ3n) is 3.14. The first kappa shape index (κ1) is 16.7. The summed E-state index contributed by atoms with van der Waals surface area (Å²) in [6.07, 6.45) is 3.57. The molecule has 2 N–H and O–H groups in total. The number of benzene rings is 1. The van der Waals surface area contributed by atoms with Crippen LogP contribution in [0.25, 0.3) is 0 Å². The number of halogens is 2. The number of hydrogen-bond acceptors (Lipinski definition) is 6. The van der Waals surface area contributed by atoms with E-state index >= 15 is 0 Å². The summed E-state index contributed by atoms with van der Waals surface area (Å²) < 4.78 is 20.2. The Kier molecular flexibility index (Phi) is 4.95. The van der Waals surface area contributed by atoms with Gasteiger partial charge in [-0.25, -0.2) is 14.0 Å².